The van der Waals surface area contributed by atoms with Gasteiger partial charge in [-0.2, -0.15) is 5.26 Å². The van der Waals surface area contributed by atoms with Crippen LogP contribution in [0.25, 0.3) is 16.8 Å². The van der Waals surface area contributed by atoms with Gasteiger partial charge in [0.25, 0.3) is 5.91 Å². The number of amides is 1. The maximum atomic E-state index is 12.8. The summed E-state index contributed by atoms with van der Waals surface area (Å²) in [6.45, 7) is 4.28. The summed E-state index contributed by atoms with van der Waals surface area (Å²) in [6.07, 6.45) is 1.55. The van der Waals surface area contributed by atoms with Gasteiger partial charge in [0.05, 0.1) is 0 Å². The van der Waals surface area contributed by atoms with Crippen LogP contribution in [-0.2, 0) is 11.4 Å². The number of hydrogen-bond donors (Lipinski definition) is 1. The molecule has 4 aromatic carbocycles. The minimum Gasteiger partial charge on any atom is -0.488 e. The summed E-state index contributed by atoms with van der Waals surface area (Å²) in [5.74, 6) is 0.123. The van der Waals surface area contributed by atoms with Crippen molar-refractivity contribution in [2.24, 2.45) is 0 Å². The van der Waals surface area contributed by atoms with Gasteiger partial charge in [0.1, 0.15) is 24.0 Å². The van der Waals surface area contributed by atoms with Crippen molar-refractivity contribution in [3.8, 4) is 11.8 Å². The molecular weight excluding hydrogens is 488 g/mol. The molecule has 34 heavy (non-hydrogen) atoms. The number of nitrogens with one attached hydrogen (secondary N) is 1. The molecule has 4 aromatic rings. The first-order valence-electron chi connectivity index (χ1n) is 10.8. The van der Waals surface area contributed by atoms with Gasteiger partial charge < -0.3 is 10.1 Å². The average molecular weight is 511 g/mol. The van der Waals surface area contributed by atoms with Crippen molar-refractivity contribution in [3.05, 3.63) is 111 Å². The van der Waals surface area contributed by atoms with Crippen molar-refractivity contribution in [2.45, 2.75) is 20.5 Å². The smallest absolute Gasteiger partial charge is 0.266 e. The molecule has 168 valence electrons. The zero-order valence-electron chi connectivity index (χ0n) is 18.9. The van der Waals surface area contributed by atoms with Crippen LogP contribution < -0.4 is 10.1 Å². The standard InChI is InChI=1S/C29H23BrN2O2/c1-19-7-11-27(20(2)13-19)32-29(33)25(17-31)15-24-16-26(30)10-12-28(24)34-18-21-8-9-22-5-3-4-6-23(22)14-21/h3-16H,18H2,1-2H3,(H,32,33)/b25-15+. The molecule has 0 heterocycles. The van der Waals surface area contributed by atoms with Crippen LogP contribution in [0.2, 0.25) is 0 Å². The van der Waals surface area contributed by atoms with Crippen molar-refractivity contribution < 1.29 is 9.53 Å². The molecule has 1 N–H and O–H groups in total. The van der Waals surface area contributed by atoms with Crippen LogP contribution in [-0.4, -0.2) is 5.91 Å². The fourth-order valence-corrected chi connectivity index (χ4v) is 4.08. The Balaban J connectivity index is 1.57. The van der Waals surface area contributed by atoms with E-state index in [0.29, 0.717) is 23.6 Å². The quantitative estimate of drug-likeness (QED) is 0.218. The number of nitrogens with zero attached hydrogens (tertiary/aromatic N) is 1. The molecule has 0 unspecified atom stereocenters. The number of anilines is 1. The summed E-state index contributed by atoms with van der Waals surface area (Å²) < 4.78 is 6.92. The molecule has 0 aliphatic rings. The van der Waals surface area contributed by atoms with E-state index in [-0.39, 0.29) is 5.57 Å². The maximum absolute atomic E-state index is 12.8. The summed E-state index contributed by atoms with van der Waals surface area (Å²) in [5.41, 5.74) is 4.39. The molecule has 0 aliphatic carbocycles. The third-order valence-corrected chi connectivity index (χ3v) is 5.97. The van der Waals surface area contributed by atoms with Crippen molar-refractivity contribution in [1.29, 1.82) is 5.26 Å². The van der Waals surface area contributed by atoms with Crippen molar-refractivity contribution in [1.82, 2.24) is 0 Å². The van der Waals surface area contributed by atoms with Crippen molar-refractivity contribution >= 4 is 44.4 Å². The van der Waals surface area contributed by atoms with Gasteiger partial charge in [-0.1, -0.05) is 70.0 Å². The van der Waals surface area contributed by atoms with E-state index in [1.807, 2.05) is 74.5 Å². The molecule has 0 bridgehead atoms. The molecule has 4 rings (SSSR count). The van der Waals surface area contributed by atoms with Gasteiger partial charge in [-0.05, 0) is 72.2 Å². The normalized spacial score (nSPS) is 11.2. The van der Waals surface area contributed by atoms with E-state index < -0.39 is 5.91 Å². The highest BCUT2D eigenvalue weighted by atomic mass is 79.9. The zero-order chi connectivity index (χ0) is 24.1. The van der Waals surface area contributed by atoms with Crippen LogP contribution in [0.1, 0.15) is 22.3 Å². The summed E-state index contributed by atoms with van der Waals surface area (Å²) >= 11 is 3.47. The number of benzene rings is 4. The predicted octanol–water partition coefficient (Wildman–Crippen LogP) is 7.34. The van der Waals surface area contributed by atoms with E-state index in [4.69, 9.17) is 4.74 Å². The Kier molecular flexibility index (Phi) is 7.10. The highest BCUT2D eigenvalue weighted by Crippen LogP contribution is 2.27. The molecule has 5 heteroatoms. The minimum atomic E-state index is -0.463. The topological polar surface area (TPSA) is 62.1 Å². The van der Waals surface area contributed by atoms with Crippen LogP contribution in [0, 0.1) is 25.2 Å². The van der Waals surface area contributed by atoms with E-state index in [9.17, 15) is 10.1 Å². The first-order chi connectivity index (χ1) is 16.4. The largest absolute Gasteiger partial charge is 0.488 e. The number of aryl methyl sites for hydroxylation is 2. The van der Waals surface area contributed by atoms with Gasteiger partial charge in [0.2, 0.25) is 0 Å². The van der Waals surface area contributed by atoms with Gasteiger partial charge >= 0.3 is 0 Å². The van der Waals surface area contributed by atoms with E-state index in [1.54, 1.807) is 6.08 Å². The average Bonchev–Trinajstić information content (AvgIpc) is 2.83. The Bertz CT molecular complexity index is 1450. The SMILES string of the molecule is Cc1ccc(NC(=O)/C(C#N)=C/c2cc(Br)ccc2OCc2ccc3ccccc3c2)c(C)c1. The van der Waals surface area contributed by atoms with E-state index in [2.05, 4.69) is 45.5 Å². The number of ether oxygens (including phenoxy) is 1. The second-order valence-corrected chi connectivity index (χ2v) is 9.01. The Labute approximate surface area is 207 Å². The number of hydrogen-bond acceptors (Lipinski definition) is 3. The lowest BCUT2D eigenvalue weighted by molar-refractivity contribution is -0.112. The van der Waals surface area contributed by atoms with Gasteiger partial charge in [-0.15, -0.1) is 0 Å². The second-order valence-electron chi connectivity index (χ2n) is 8.09. The Morgan fingerprint density at radius 2 is 1.79 bits per heavy atom. The monoisotopic (exact) mass is 510 g/mol. The zero-order valence-corrected chi connectivity index (χ0v) is 20.5. The lowest BCUT2D eigenvalue weighted by Crippen LogP contribution is -2.14. The van der Waals surface area contributed by atoms with Gasteiger partial charge in [0, 0.05) is 15.7 Å². The number of carbonyl (C=O) groups is 1. The summed E-state index contributed by atoms with van der Waals surface area (Å²) in [5, 5.41) is 14.8. The van der Waals surface area contributed by atoms with Crippen LogP contribution in [0.3, 0.4) is 0 Å². The summed E-state index contributed by atoms with van der Waals surface area (Å²) in [7, 11) is 0. The number of carbonyl (C=O) groups excluding carboxylic acids is 1. The first kappa shape index (κ1) is 23.3. The Morgan fingerprint density at radius 3 is 2.56 bits per heavy atom. The van der Waals surface area contributed by atoms with Crippen LogP contribution in [0.15, 0.2) is 88.9 Å². The highest BCUT2D eigenvalue weighted by Gasteiger charge is 2.13. The minimum absolute atomic E-state index is 0.00590. The van der Waals surface area contributed by atoms with Crippen LogP contribution in [0.4, 0.5) is 5.69 Å². The molecule has 0 aromatic heterocycles. The van der Waals surface area contributed by atoms with Gasteiger partial charge in [0.15, 0.2) is 0 Å². The number of halogens is 1. The molecule has 4 nitrogen and oxygen atoms in total. The third kappa shape index (κ3) is 5.54. The fourth-order valence-electron chi connectivity index (χ4n) is 3.70. The van der Waals surface area contributed by atoms with Crippen molar-refractivity contribution in [3.63, 3.8) is 0 Å². The predicted molar refractivity (Wildman–Crippen MR) is 141 cm³/mol. The molecule has 0 saturated heterocycles. The Morgan fingerprint density at radius 1 is 1.00 bits per heavy atom. The molecular formula is C29H23BrN2O2. The van der Waals surface area contributed by atoms with Crippen molar-refractivity contribution in [2.75, 3.05) is 5.32 Å². The second kappa shape index (κ2) is 10.4. The molecule has 0 saturated carbocycles. The van der Waals surface area contributed by atoms with Gasteiger partial charge in [-0.3, -0.25) is 4.79 Å². The first-order valence-corrected chi connectivity index (χ1v) is 11.6. The van der Waals surface area contributed by atoms with Crippen LogP contribution >= 0.6 is 15.9 Å². The molecule has 0 radical (unpaired) electrons. The van der Waals surface area contributed by atoms with Crippen LogP contribution in [0.5, 0.6) is 5.75 Å². The number of nitriles is 1. The lowest BCUT2D eigenvalue weighted by Gasteiger charge is -2.12. The van der Waals surface area contributed by atoms with E-state index in [1.165, 1.54) is 5.39 Å². The molecule has 0 aliphatic heterocycles. The fraction of sp³-hybridized carbons (Fsp3) is 0.103. The third-order valence-electron chi connectivity index (χ3n) is 5.48. The molecule has 0 spiro atoms. The lowest BCUT2D eigenvalue weighted by atomic mass is 10.1. The Hall–Kier alpha value is -3.88. The van der Waals surface area contributed by atoms with Gasteiger partial charge in [-0.25, -0.2) is 0 Å². The van der Waals surface area contributed by atoms with E-state index >= 15 is 0 Å². The van der Waals surface area contributed by atoms with E-state index in [0.717, 1.165) is 26.5 Å². The summed E-state index contributed by atoms with van der Waals surface area (Å²) in [6, 6.07) is 27.7. The molecule has 0 fully saturated rings. The number of rotatable bonds is 6. The summed E-state index contributed by atoms with van der Waals surface area (Å²) in [4.78, 5) is 12.8. The maximum Gasteiger partial charge on any atom is 0.266 e. The number of fused-ring (bicyclic) bond motifs is 1. The molecule has 1 amide bonds. The highest BCUT2D eigenvalue weighted by molar-refractivity contribution is 9.10. The molecule has 0 atom stereocenters.